The molecule has 4 nitrogen and oxygen atoms in total. The van der Waals surface area contributed by atoms with Crippen LogP contribution >= 0.6 is 15.9 Å². The number of fused-ring (bicyclic) bond motifs is 3. The van der Waals surface area contributed by atoms with Crippen molar-refractivity contribution in [2.75, 3.05) is 18.1 Å². The van der Waals surface area contributed by atoms with E-state index in [9.17, 15) is 9.90 Å². The van der Waals surface area contributed by atoms with Crippen LogP contribution in [0.5, 0.6) is 0 Å². The normalized spacial score (nSPS) is 31.6. The number of aliphatic hydroxyl groups excluding tert-OH is 1. The van der Waals surface area contributed by atoms with E-state index < -0.39 is 0 Å². The molecular weight excluding hydrogens is 320 g/mol. The van der Waals surface area contributed by atoms with Crippen molar-refractivity contribution >= 4 is 27.7 Å². The van der Waals surface area contributed by atoms with Gasteiger partial charge in [-0.1, -0.05) is 20.3 Å². The monoisotopic (exact) mass is 338 g/mol. The first-order valence-corrected chi connectivity index (χ1v) is 7.97. The summed E-state index contributed by atoms with van der Waals surface area (Å²) in [6.45, 7) is 4.67. The number of β-amino-alcohol motifs (C(OH)–C–C–N with tert-alkyl or cyclic N) is 1. The van der Waals surface area contributed by atoms with E-state index in [1.807, 2.05) is 0 Å². The van der Waals surface area contributed by atoms with Gasteiger partial charge < -0.3 is 5.11 Å². The van der Waals surface area contributed by atoms with E-state index in [0.717, 1.165) is 22.3 Å². The number of pyridine rings is 1. The quantitative estimate of drug-likeness (QED) is 0.921. The maximum absolute atomic E-state index is 12.7. The molecule has 0 unspecified atom stereocenters. The van der Waals surface area contributed by atoms with Crippen LogP contribution in [0, 0.1) is 17.8 Å². The zero-order valence-electron chi connectivity index (χ0n) is 11.7. The predicted octanol–water partition coefficient (Wildman–Crippen LogP) is 2.56. The van der Waals surface area contributed by atoms with Gasteiger partial charge in [0.1, 0.15) is 5.82 Å². The molecule has 0 radical (unpaired) electrons. The van der Waals surface area contributed by atoms with Crippen molar-refractivity contribution in [2.45, 2.75) is 26.2 Å². The molecule has 2 aliphatic rings. The molecule has 2 heterocycles. The summed E-state index contributed by atoms with van der Waals surface area (Å²) in [6.07, 6.45) is 2.75. The van der Waals surface area contributed by atoms with E-state index in [1.165, 1.54) is 0 Å². The first-order valence-electron chi connectivity index (χ1n) is 7.17. The lowest BCUT2D eigenvalue weighted by atomic mass is 9.53. The van der Waals surface area contributed by atoms with Gasteiger partial charge in [0.05, 0.1) is 13.2 Å². The summed E-state index contributed by atoms with van der Waals surface area (Å²) in [5.74, 6) is 2.17. The highest BCUT2D eigenvalue weighted by Crippen LogP contribution is 2.58. The molecule has 1 saturated carbocycles. The zero-order valence-corrected chi connectivity index (χ0v) is 13.3. The largest absolute Gasteiger partial charge is 0.395 e. The minimum Gasteiger partial charge on any atom is -0.395 e. The number of rotatable bonds is 3. The summed E-state index contributed by atoms with van der Waals surface area (Å²) in [5, 5.41) is 9.23. The number of amides is 1. The minimum atomic E-state index is -0.0351. The predicted molar refractivity (Wildman–Crippen MR) is 80.6 cm³/mol. The van der Waals surface area contributed by atoms with Crippen molar-refractivity contribution < 1.29 is 9.90 Å². The van der Waals surface area contributed by atoms with Crippen molar-refractivity contribution in [3.8, 4) is 0 Å². The highest BCUT2D eigenvalue weighted by molar-refractivity contribution is 9.10. The average molecular weight is 339 g/mol. The fourth-order valence-electron chi connectivity index (χ4n) is 4.00. The standard InChI is InChI=1S/C15H19BrN2O2/c1-3-10-8(2)12-11-6-9(16)7-17-14(11)18(4-5-19)15(20)13(10)12/h6-8,10,12-13,19H,3-5H2,1-2H3/t8-,10+,12-,13-/m1/s1. The molecule has 5 heteroatoms. The highest BCUT2D eigenvalue weighted by Gasteiger charge is 2.56. The molecule has 108 valence electrons. The van der Waals surface area contributed by atoms with Gasteiger partial charge in [0.2, 0.25) is 5.91 Å². The van der Waals surface area contributed by atoms with Crippen LogP contribution in [0.1, 0.15) is 31.7 Å². The Morgan fingerprint density at radius 1 is 1.45 bits per heavy atom. The summed E-state index contributed by atoms with van der Waals surface area (Å²) in [7, 11) is 0. The van der Waals surface area contributed by atoms with Crippen LogP contribution < -0.4 is 4.90 Å². The van der Waals surface area contributed by atoms with E-state index in [0.29, 0.717) is 18.4 Å². The van der Waals surface area contributed by atoms with Gasteiger partial charge in [0, 0.05) is 28.1 Å². The molecule has 3 rings (SSSR count). The van der Waals surface area contributed by atoms with Crippen LogP contribution in [-0.2, 0) is 4.79 Å². The Bertz CT molecular complexity index is 549. The second kappa shape index (κ2) is 5.11. The van der Waals surface area contributed by atoms with E-state index in [2.05, 4.69) is 40.8 Å². The Kier molecular flexibility index (Phi) is 3.58. The summed E-state index contributed by atoms with van der Waals surface area (Å²) in [4.78, 5) is 18.8. The van der Waals surface area contributed by atoms with Crippen molar-refractivity contribution in [1.29, 1.82) is 0 Å². The molecule has 1 N–H and O–H groups in total. The lowest BCUT2D eigenvalue weighted by Crippen LogP contribution is -2.57. The smallest absolute Gasteiger partial charge is 0.232 e. The number of nitrogens with zero attached hydrogens (tertiary/aromatic N) is 2. The van der Waals surface area contributed by atoms with Crippen LogP contribution in [0.4, 0.5) is 5.82 Å². The van der Waals surface area contributed by atoms with Gasteiger partial charge in [-0.25, -0.2) is 4.98 Å². The third-order valence-corrected chi connectivity index (χ3v) is 5.35. The maximum Gasteiger partial charge on any atom is 0.232 e. The fraction of sp³-hybridized carbons (Fsp3) is 0.600. The van der Waals surface area contributed by atoms with Crippen LogP contribution in [0.15, 0.2) is 16.7 Å². The van der Waals surface area contributed by atoms with E-state index in [1.54, 1.807) is 11.1 Å². The number of carbonyl (C=O) groups is 1. The molecule has 1 amide bonds. The Hall–Kier alpha value is -0.940. The Morgan fingerprint density at radius 2 is 2.20 bits per heavy atom. The molecule has 0 spiro atoms. The lowest BCUT2D eigenvalue weighted by Gasteiger charge is -2.54. The van der Waals surface area contributed by atoms with Crippen LogP contribution in [0.2, 0.25) is 0 Å². The first kappa shape index (κ1) is 14.0. The van der Waals surface area contributed by atoms with Crippen molar-refractivity contribution in [2.24, 2.45) is 17.8 Å². The van der Waals surface area contributed by atoms with Gasteiger partial charge in [-0.05, 0) is 33.8 Å². The van der Waals surface area contributed by atoms with Gasteiger partial charge in [-0.15, -0.1) is 0 Å². The zero-order chi connectivity index (χ0) is 14.4. The van der Waals surface area contributed by atoms with Gasteiger partial charge >= 0.3 is 0 Å². The first-order chi connectivity index (χ1) is 9.60. The minimum absolute atomic E-state index is 0.0351. The molecule has 1 aromatic rings. The summed E-state index contributed by atoms with van der Waals surface area (Å²) >= 11 is 3.47. The number of anilines is 1. The highest BCUT2D eigenvalue weighted by atomic mass is 79.9. The Labute approximate surface area is 127 Å². The number of carbonyl (C=O) groups excluding carboxylic acids is 1. The molecular formula is C15H19BrN2O2. The molecule has 1 aliphatic heterocycles. The van der Waals surface area contributed by atoms with Gasteiger partial charge in [-0.3, -0.25) is 9.69 Å². The molecule has 1 aromatic heterocycles. The lowest BCUT2D eigenvalue weighted by molar-refractivity contribution is -0.134. The van der Waals surface area contributed by atoms with Gasteiger partial charge in [0.25, 0.3) is 0 Å². The van der Waals surface area contributed by atoms with Crippen LogP contribution in [0.3, 0.4) is 0 Å². The van der Waals surface area contributed by atoms with Crippen LogP contribution in [0.25, 0.3) is 0 Å². The molecule has 0 aromatic carbocycles. The number of aliphatic hydroxyl groups is 1. The summed E-state index contributed by atoms with van der Waals surface area (Å²) in [6, 6.07) is 2.08. The maximum atomic E-state index is 12.7. The summed E-state index contributed by atoms with van der Waals surface area (Å²) in [5.41, 5.74) is 1.15. The van der Waals surface area contributed by atoms with E-state index in [-0.39, 0.29) is 24.3 Å². The molecule has 1 aliphatic carbocycles. The Morgan fingerprint density at radius 3 is 2.85 bits per heavy atom. The third-order valence-electron chi connectivity index (χ3n) is 4.91. The van der Waals surface area contributed by atoms with Crippen LogP contribution in [-0.4, -0.2) is 29.1 Å². The molecule has 4 atom stereocenters. The van der Waals surface area contributed by atoms with Crippen molar-refractivity contribution in [3.05, 3.63) is 22.3 Å². The number of aromatic nitrogens is 1. The molecule has 0 bridgehead atoms. The SMILES string of the molecule is CC[C@H]1[C@@H](C)[C@@H]2c3cc(Br)cnc3N(CCO)C(=O)[C@H]12. The van der Waals surface area contributed by atoms with E-state index in [4.69, 9.17) is 0 Å². The number of hydrogen-bond acceptors (Lipinski definition) is 3. The second-order valence-electron chi connectivity index (χ2n) is 5.76. The second-order valence-corrected chi connectivity index (χ2v) is 6.68. The molecule has 20 heavy (non-hydrogen) atoms. The van der Waals surface area contributed by atoms with E-state index >= 15 is 0 Å². The molecule has 0 saturated heterocycles. The van der Waals surface area contributed by atoms with Crippen molar-refractivity contribution in [1.82, 2.24) is 4.98 Å². The molecule has 1 fully saturated rings. The van der Waals surface area contributed by atoms with Crippen molar-refractivity contribution in [3.63, 3.8) is 0 Å². The topological polar surface area (TPSA) is 53.4 Å². The number of halogens is 1. The number of hydrogen-bond donors (Lipinski definition) is 1. The Balaban J connectivity index is 2.08. The summed E-state index contributed by atoms with van der Waals surface area (Å²) < 4.78 is 0.945. The third kappa shape index (κ3) is 1.83. The fourth-order valence-corrected chi connectivity index (χ4v) is 4.35. The van der Waals surface area contributed by atoms with Gasteiger partial charge in [-0.2, -0.15) is 0 Å². The van der Waals surface area contributed by atoms with Gasteiger partial charge in [0.15, 0.2) is 0 Å². The average Bonchev–Trinajstić information content (AvgIpc) is 2.42.